The molecule has 4 heterocycles. The second-order valence-electron chi connectivity index (χ2n) is 14.5. The Balaban J connectivity index is 1.05. The largest absolute Gasteiger partial charge is 0.395 e. The molecule has 0 bridgehead atoms. The lowest BCUT2D eigenvalue weighted by atomic mass is 9.82. The number of aliphatic hydroxyl groups is 1. The number of rotatable bonds is 10. The molecule has 1 fully saturated rings. The first kappa shape index (κ1) is 33.9. The van der Waals surface area contributed by atoms with Gasteiger partial charge in [-0.15, -0.1) is 5.10 Å². The van der Waals surface area contributed by atoms with Crippen LogP contribution in [0.2, 0.25) is 18.6 Å². The van der Waals surface area contributed by atoms with Crippen molar-refractivity contribution in [3.63, 3.8) is 0 Å². The standard InChI is InChI=1S/C40H41FN6O4Si/c1-26-37(52(2,3)41)36(21-22-45-24-34(42-44-45)31(25-48)28-11-5-4-6-12-28)51-40(26)32-14-8-10-16-35(32)46(39(40)50)23-27-17-19-29(20-18-27)47-38(49)30-13-7-9-15-33(30)43-47/h4-20,24,26,31,36-37,43,48H,21-23,25H2,1-3H3/t26-,31?,36+,37-,40+/m0/s1. The van der Waals surface area contributed by atoms with Gasteiger partial charge in [-0.3, -0.25) is 19.4 Å². The van der Waals surface area contributed by atoms with E-state index in [0.717, 1.165) is 27.9 Å². The number of hydrogen-bond acceptors (Lipinski definition) is 6. The molecule has 266 valence electrons. The molecule has 2 N–H and O–H groups in total. The predicted molar refractivity (Wildman–Crippen MR) is 200 cm³/mol. The molecule has 52 heavy (non-hydrogen) atoms. The van der Waals surface area contributed by atoms with Crippen LogP contribution in [0.4, 0.5) is 9.80 Å². The van der Waals surface area contributed by atoms with E-state index in [-0.39, 0.29) is 30.5 Å². The van der Waals surface area contributed by atoms with E-state index in [1.807, 2.05) is 110 Å². The maximum absolute atomic E-state index is 16.4. The number of nitrogens with one attached hydrogen (secondary N) is 1. The van der Waals surface area contributed by atoms with Crippen LogP contribution in [-0.2, 0) is 28.2 Å². The first-order valence-corrected chi connectivity index (χ1v) is 20.7. The predicted octanol–water partition coefficient (Wildman–Crippen LogP) is 6.45. The summed E-state index contributed by atoms with van der Waals surface area (Å²) >= 11 is 0. The fourth-order valence-electron chi connectivity index (χ4n) is 8.50. The van der Waals surface area contributed by atoms with E-state index < -0.39 is 31.6 Å². The molecular formula is C40H41FN6O4Si. The van der Waals surface area contributed by atoms with E-state index in [1.165, 1.54) is 4.68 Å². The summed E-state index contributed by atoms with van der Waals surface area (Å²) in [7, 11) is -3.35. The van der Waals surface area contributed by atoms with Crippen molar-refractivity contribution in [1.82, 2.24) is 24.8 Å². The van der Waals surface area contributed by atoms with Gasteiger partial charge in [0.15, 0.2) is 5.60 Å². The number of ether oxygens (including phenoxy) is 1. The van der Waals surface area contributed by atoms with Gasteiger partial charge in [-0.1, -0.05) is 84.9 Å². The van der Waals surface area contributed by atoms with Crippen molar-refractivity contribution < 1.29 is 18.7 Å². The van der Waals surface area contributed by atoms with Crippen molar-refractivity contribution in [2.24, 2.45) is 5.92 Å². The highest BCUT2D eigenvalue weighted by atomic mass is 28.4. The number of carbonyl (C=O) groups is 1. The quantitative estimate of drug-likeness (QED) is 0.124. The third-order valence-corrected chi connectivity index (χ3v) is 13.4. The summed E-state index contributed by atoms with van der Waals surface area (Å²) < 4.78 is 26.5. The highest BCUT2D eigenvalue weighted by molar-refractivity contribution is 6.72. The van der Waals surface area contributed by atoms with Crippen molar-refractivity contribution in [1.29, 1.82) is 0 Å². The number of aliphatic hydroxyl groups excluding tert-OH is 1. The highest BCUT2D eigenvalue weighted by Crippen LogP contribution is 2.60. The number of hydrogen-bond donors (Lipinski definition) is 2. The number of aromatic amines is 1. The second-order valence-corrected chi connectivity index (χ2v) is 18.3. The van der Waals surface area contributed by atoms with Gasteiger partial charge in [0, 0.05) is 29.8 Å². The van der Waals surface area contributed by atoms with Gasteiger partial charge >= 0.3 is 0 Å². The monoisotopic (exact) mass is 716 g/mol. The zero-order chi connectivity index (χ0) is 36.2. The third-order valence-electron chi connectivity index (χ3n) is 10.9. The number of amides is 1. The molecule has 6 aromatic rings. The van der Waals surface area contributed by atoms with Gasteiger partial charge in [-0.2, -0.15) is 0 Å². The molecule has 10 nitrogen and oxygen atoms in total. The molecule has 8 rings (SSSR count). The zero-order valence-electron chi connectivity index (χ0n) is 29.3. The molecule has 2 aromatic heterocycles. The van der Waals surface area contributed by atoms with Crippen molar-refractivity contribution >= 4 is 30.9 Å². The Morgan fingerprint density at radius 3 is 2.40 bits per heavy atom. The maximum Gasteiger partial charge on any atom is 0.279 e. The van der Waals surface area contributed by atoms with Crippen LogP contribution < -0.4 is 10.5 Å². The maximum atomic E-state index is 16.4. The first-order valence-electron chi connectivity index (χ1n) is 17.7. The topological polar surface area (TPSA) is 118 Å². The number of anilines is 1. The SMILES string of the molecule is C[C@H]1[C@H]([Si](C)(C)F)[C@@H](CCn2cc(C(CO)c3ccccc3)nn2)O[C@]12C(=O)N(Cc1ccc(-n3[nH]c4ccccc4c3=O)cc1)c1ccccc12. The molecule has 1 unspecified atom stereocenters. The van der Waals surface area contributed by atoms with Crippen LogP contribution in [0.1, 0.15) is 41.6 Å². The Kier molecular flexibility index (Phi) is 8.55. The molecule has 2 aliphatic rings. The van der Waals surface area contributed by atoms with Crippen LogP contribution in [0.25, 0.3) is 16.6 Å². The van der Waals surface area contributed by atoms with Crippen molar-refractivity contribution in [2.75, 3.05) is 11.5 Å². The number of benzene rings is 4. The molecule has 1 amide bonds. The minimum atomic E-state index is -3.35. The summed E-state index contributed by atoms with van der Waals surface area (Å²) in [6.07, 6.45) is 1.74. The van der Waals surface area contributed by atoms with Crippen molar-refractivity contribution in [3.05, 3.63) is 142 Å². The zero-order valence-corrected chi connectivity index (χ0v) is 30.3. The average Bonchev–Trinajstić information content (AvgIpc) is 3.89. The van der Waals surface area contributed by atoms with Crippen LogP contribution in [0.3, 0.4) is 0 Å². The minimum absolute atomic E-state index is 0.107. The van der Waals surface area contributed by atoms with Crippen molar-refractivity contribution in [2.45, 2.75) is 62.7 Å². The Hall–Kier alpha value is -5.17. The van der Waals surface area contributed by atoms with Gasteiger partial charge < -0.3 is 18.9 Å². The Labute approximate surface area is 301 Å². The summed E-state index contributed by atoms with van der Waals surface area (Å²) in [4.78, 5) is 29.5. The van der Waals surface area contributed by atoms with Gasteiger partial charge in [0.05, 0.1) is 53.1 Å². The van der Waals surface area contributed by atoms with Gasteiger partial charge in [0.25, 0.3) is 11.5 Å². The molecule has 4 aromatic carbocycles. The number of aromatic nitrogens is 5. The summed E-state index contributed by atoms with van der Waals surface area (Å²) in [5.41, 5.74) is 3.53. The second kappa shape index (κ2) is 13.1. The van der Waals surface area contributed by atoms with Crippen LogP contribution in [0, 0.1) is 5.92 Å². The lowest BCUT2D eigenvalue weighted by Gasteiger charge is -2.31. The molecule has 1 saturated heterocycles. The Morgan fingerprint density at radius 2 is 1.67 bits per heavy atom. The molecule has 5 atom stereocenters. The molecule has 1 spiro atoms. The number of fused-ring (bicyclic) bond motifs is 3. The summed E-state index contributed by atoms with van der Waals surface area (Å²) in [6.45, 7) is 5.96. The van der Waals surface area contributed by atoms with Crippen LogP contribution in [0.5, 0.6) is 0 Å². The molecule has 0 radical (unpaired) electrons. The van der Waals surface area contributed by atoms with Gasteiger partial charge in [0.2, 0.25) is 8.41 Å². The lowest BCUT2D eigenvalue weighted by molar-refractivity contribution is -0.146. The number of para-hydroxylation sites is 2. The van der Waals surface area contributed by atoms with E-state index in [0.29, 0.717) is 29.7 Å². The molecule has 2 aliphatic heterocycles. The average molecular weight is 717 g/mol. The first-order chi connectivity index (χ1) is 25.1. The van der Waals surface area contributed by atoms with Gasteiger partial charge in [-0.05, 0) is 61.0 Å². The smallest absolute Gasteiger partial charge is 0.279 e. The molecule has 0 saturated carbocycles. The molecule has 12 heteroatoms. The molecular weight excluding hydrogens is 676 g/mol. The normalized spacial score (nSPS) is 22.1. The number of aryl methyl sites for hydroxylation is 1. The van der Waals surface area contributed by atoms with E-state index in [2.05, 4.69) is 15.4 Å². The van der Waals surface area contributed by atoms with Crippen LogP contribution in [-0.4, -0.2) is 56.9 Å². The number of carbonyl (C=O) groups excluding carboxylic acids is 1. The highest BCUT2D eigenvalue weighted by Gasteiger charge is 2.66. The van der Waals surface area contributed by atoms with Gasteiger partial charge in [-0.25, -0.2) is 4.68 Å². The Morgan fingerprint density at radius 1 is 0.962 bits per heavy atom. The van der Waals surface area contributed by atoms with E-state index in [4.69, 9.17) is 4.74 Å². The van der Waals surface area contributed by atoms with E-state index >= 15 is 4.11 Å². The summed E-state index contributed by atoms with van der Waals surface area (Å²) in [6, 6.07) is 32.3. The third kappa shape index (κ3) is 5.62. The summed E-state index contributed by atoms with van der Waals surface area (Å²) in [5.74, 6) is -0.918. The van der Waals surface area contributed by atoms with E-state index in [1.54, 1.807) is 28.7 Å². The number of halogens is 1. The number of H-pyrrole nitrogens is 1. The lowest BCUT2D eigenvalue weighted by Crippen LogP contribution is -2.45. The summed E-state index contributed by atoms with van der Waals surface area (Å²) in [5, 5.41) is 22.6. The van der Waals surface area contributed by atoms with Crippen LogP contribution >= 0.6 is 0 Å². The molecule has 0 aliphatic carbocycles. The fraction of sp³-hybridized carbons (Fsp3) is 0.300. The minimum Gasteiger partial charge on any atom is -0.395 e. The van der Waals surface area contributed by atoms with Gasteiger partial charge in [0.1, 0.15) is 0 Å². The fourth-order valence-corrected chi connectivity index (χ4v) is 11.0. The van der Waals surface area contributed by atoms with Crippen molar-refractivity contribution in [3.8, 4) is 5.69 Å². The van der Waals surface area contributed by atoms with Crippen LogP contribution in [0.15, 0.2) is 114 Å². The number of nitrogens with zero attached hydrogens (tertiary/aromatic N) is 5. The Bertz CT molecular complexity index is 2300. The van der Waals surface area contributed by atoms with E-state index in [9.17, 15) is 14.7 Å².